The van der Waals surface area contributed by atoms with Crippen molar-refractivity contribution in [3.63, 3.8) is 0 Å². The van der Waals surface area contributed by atoms with E-state index < -0.39 is 11.6 Å². The SMILES string of the molecule is N#CCCCNc1cc(Br)c(F)cc1F. The van der Waals surface area contributed by atoms with Crippen molar-refractivity contribution in [3.05, 3.63) is 28.2 Å². The maximum atomic E-state index is 13.2. The molecule has 1 aromatic rings. The summed E-state index contributed by atoms with van der Waals surface area (Å²) in [5, 5.41) is 11.1. The highest BCUT2D eigenvalue weighted by Gasteiger charge is 2.07. The molecule has 0 amide bonds. The third-order valence-corrected chi connectivity index (χ3v) is 2.40. The first-order chi connectivity index (χ1) is 7.15. The van der Waals surface area contributed by atoms with E-state index in [0.717, 1.165) is 6.07 Å². The highest BCUT2D eigenvalue weighted by atomic mass is 79.9. The molecule has 0 aliphatic carbocycles. The van der Waals surface area contributed by atoms with E-state index in [1.54, 1.807) is 0 Å². The normalized spacial score (nSPS) is 9.73. The number of hydrogen-bond donors (Lipinski definition) is 1. The molecule has 1 aromatic carbocycles. The number of nitriles is 1. The van der Waals surface area contributed by atoms with Crippen LogP contribution in [0.25, 0.3) is 0 Å². The van der Waals surface area contributed by atoms with Gasteiger partial charge in [-0.05, 0) is 28.4 Å². The lowest BCUT2D eigenvalue weighted by Gasteiger charge is -2.07. The Bertz CT molecular complexity index is 388. The average Bonchev–Trinajstić information content (AvgIpc) is 2.20. The molecule has 0 saturated carbocycles. The van der Waals surface area contributed by atoms with Crippen LogP contribution in [0.4, 0.5) is 14.5 Å². The number of benzene rings is 1. The molecule has 2 nitrogen and oxygen atoms in total. The molecule has 0 radical (unpaired) electrons. The topological polar surface area (TPSA) is 35.8 Å². The van der Waals surface area contributed by atoms with Gasteiger partial charge in [-0.3, -0.25) is 0 Å². The second-order valence-electron chi connectivity index (χ2n) is 2.93. The summed E-state index contributed by atoms with van der Waals surface area (Å²) < 4.78 is 26.2. The molecular weight excluding hydrogens is 266 g/mol. The van der Waals surface area contributed by atoms with Gasteiger partial charge in [-0.15, -0.1) is 0 Å². The van der Waals surface area contributed by atoms with Crippen LogP contribution in [0.2, 0.25) is 0 Å². The first-order valence-corrected chi connectivity index (χ1v) is 5.20. The quantitative estimate of drug-likeness (QED) is 0.674. The molecule has 0 fully saturated rings. The Balaban J connectivity index is 2.62. The molecule has 0 heterocycles. The number of halogens is 3. The van der Waals surface area contributed by atoms with E-state index in [2.05, 4.69) is 21.2 Å². The zero-order chi connectivity index (χ0) is 11.3. The number of nitrogens with zero attached hydrogens (tertiary/aromatic N) is 1. The summed E-state index contributed by atoms with van der Waals surface area (Å²) in [4.78, 5) is 0. The molecule has 80 valence electrons. The Morgan fingerprint density at radius 3 is 2.73 bits per heavy atom. The molecule has 0 aliphatic rings. The summed E-state index contributed by atoms with van der Waals surface area (Å²) >= 11 is 2.97. The molecule has 0 bridgehead atoms. The van der Waals surface area contributed by atoms with Crippen LogP contribution >= 0.6 is 15.9 Å². The summed E-state index contributed by atoms with van der Waals surface area (Å²) in [5.74, 6) is -1.26. The fourth-order valence-electron chi connectivity index (χ4n) is 1.05. The molecule has 0 saturated heterocycles. The number of hydrogen-bond acceptors (Lipinski definition) is 2. The van der Waals surface area contributed by atoms with Crippen molar-refractivity contribution in [2.75, 3.05) is 11.9 Å². The smallest absolute Gasteiger partial charge is 0.149 e. The second kappa shape index (κ2) is 5.66. The first-order valence-electron chi connectivity index (χ1n) is 4.40. The Morgan fingerprint density at radius 1 is 1.33 bits per heavy atom. The number of nitrogens with one attached hydrogen (secondary N) is 1. The molecule has 5 heteroatoms. The molecule has 15 heavy (non-hydrogen) atoms. The van der Waals surface area contributed by atoms with E-state index in [-0.39, 0.29) is 10.2 Å². The van der Waals surface area contributed by atoms with Gasteiger partial charge in [0.2, 0.25) is 0 Å². The highest BCUT2D eigenvalue weighted by Crippen LogP contribution is 2.23. The summed E-state index contributed by atoms with van der Waals surface area (Å²) in [7, 11) is 0. The molecular formula is C10H9BrF2N2. The van der Waals surface area contributed by atoms with Crippen molar-refractivity contribution in [1.82, 2.24) is 0 Å². The number of anilines is 1. The lowest BCUT2D eigenvalue weighted by Crippen LogP contribution is -2.03. The molecule has 0 atom stereocenters. The van der Waals surface area contributed by atoms with Gasteiger partial charge in [-0.2, -0.15) is 5.26 Å². The Hall–Kier alpha value is -1.15. The predicted molar refractivity (Wildman–Crippen MR) is 57.4 cm³/mol. The lowest BCUT2D eigenvalue weighted by molar-refractivity contribution is 0.580. The Labute approximate surface area is 95.0 Å². The van der Waals surface area contributed by atoms with Gasteiger partial charge in [-0.1, -0.05) is 0 Å². The maximum absolute atomic E-state index is 13.2. The first kappa shape index (κ1) is 11.9. The van der Waals surface area contributed by atoms with Crippen LogP contribution < -0.4 is 5.32 Å². The molecule has 0 spiro atoms. The van der Waals surface area contributed by atoms with Crippen molar-refractivity contribution < 1.29 is 8.78 Å². The van der Waals surface area contributed by atoms with Gasteiger partial charge < -0.3 is 5.32 Å². The van der Waals surface area contributed by atoms with E-state index in [9.17, 15) is 8.78 Å². The minimum Gasteiger partial charge on any atom is -0.383 e. The Kier molecular flexibility index (Phi) is 4.50. The van der Waals surface area contributed by atoms with Crippen LogP contribution in [0.5, 0.6) is 0 Å². The largest absolute Gasteiger partial charge is 0.383 e. The van der Waals surface area contributed by atoms with E-state index in [0.29, 0.717) is 19.4 Å². The van der Waals surface area contributed by atoms with Crippen molar-refractivity contribution in [3.8, 4) is 6.07 Å². The molecule has 0 aromatic heterocycles. The van der Waals surface area contributed by atoms with Crippen LogP contribution in [0, 0.1) is 23.0 Å². The van der Waals surface area contributed by atoms with Crippen molar-refractivity contribution >= 4 is 21.6 Å². The molecule has 1 rings (SSSR count). The van der Waals surface area contributed by atoms with Gasteiger partial charge in [0, 0.05) is 19.0 Å². The summed E-state index contributed by atoms with van der Waals surface area (Å²) in [6.45, 7) is 0.489. The highest BCUT2D eigenvalue weighted by molar-refractivity contribution is 9.10. The zero-order valence-electron chi connectivity index (χ0n) is 7.86. The van der Waals surface area contributed by atoms with Crippen LogP contribution in [0.3, 0.4) is 0 Å². The third-order valence-electron chi connectivity index (χ3n) is 1.79. The van der Waals surface area contributed by atoms with E-state index >= 15 is 0 Å². The van der Waals surface area contributed by atoms with Crippen LogP contribution in [0.15, 0.2) is 16.6 Å². The minimum absolute atomic E-state index is 0.215. The Morgan fingerprint density at radius 2 is 2.07 bits per heavy atom. The summed E-state index contributed by atoms with van der Waals surface area (Å²) in [5.41, 5.74) is 0.237. The van der Waals surface area contributed by atoms with E-state index in [4.69, 9.17) is 5.26 Å². The zero-order valence-corrected chi connectivity index (χ0v) is 9.44. The predicted octanol–water partition coefficient (Wildman–Crippen LogP) is 3.44. The average molecular weight is 275 g/mol. The van der Waals surface area contributed by atoms with Crippen molar-refractivity contribution in [2.45, 2.75) is 12.8 Å². The van der Waals surface area contributed by atoms with Crippen molar-refractivity contribution in [1.29, 1.82) is 5.26 Å². The van der Waals surface area contributed by atoms with E-state index in [1.807, 2.05) is 6.07 Å². The maximum Gasteiger partial charge on any atom is 0.149 e. The standard InChI is InChI=1S/C10H9BrF2N2/c11-7-5-10(9(13)6-8(7)12)15-4-2-1-3-14/h5-6,15H,1-2,4H2. The lowest BCUT2D eigenvalue weighted by atomic mass is 10.2. The fraction of sp³-hybridized carbons (Fsp3) is 0.300. The van der Waals surface area contributed by atoms with Crippen LogP contribution in [-0.4, -0.2) is 6.54 Å². The molecule has 1 N–H and O–H groups in total. The summed E-state index contributed by atoms with van der Waals surface area (Å²) in [6.07, 6.45) is 1.04. The van der Waals surface area contributed by atoms with Gasteiger partial charge in [0.15, 0.2) is 0 Å². The minimum atomic E-state index is -0.632. The fourth-order valence-corrected chi connectivity index (χ4v) is 1.39. The third kappa shape index (κ3) is 3.48. The van der Waals surface area contributed by atoms with Crippen molar-refractivity contribution in [2.24, 2.45) is 0 Å². The van der Waals surface area contributed by atoms with Gasteiger partial charge in [0.05, 0.1) is 16.2 Å². The van der Waals surface area contributed by atoms with Gasteiger partial charge >= 0.3 is 0 Å². The van der Waals surface area contributed by atoms with Gasteiger partial charge in [0.25, 0.3) is 0 Å². The van der Waals surface area contributed by atoms with E-state index in [1.165, 1.54) is 6.07 Å². The monoisotopic (exact) mass is 274 g/mol. The number of rotatable bonds is 4. The van der Waals surface area contributed by atoms with Gasteiger partial charge in [-0.25, -0.2) is 8.78 Å². The number of unbranched alkanes of at least 4 members (excludes halogenated alkanes) is 1. The van der Waals surface area contributed by atoms with Crippen LogP contribution in [0.1, 0.15) is 12.8 Å². The second-order valence-corrected chi connectivity index (χ2v) is 3.79. The molecule has 0 aliphatic heterocycles. The molecule has 0 unspecified atom stereocenters. The summed E-state index contributed by atoms with van der Waals surface area (Å²) in [6, 6.07) is 4.15. The van der Waals surface area contributed by atoms with Gasteiger partial charge in [0.1, 0.15) is 11.6 Å². The van der Waals surface area contributed by atoms with Crippen LogP contribution in [-0.2, 0) is 0 Å².